The molecule has 0 aliphatic rings. The van der Waals surface area contributed by atoms with Crippen LogP contribution in [0.15, 0.2) is 28.2 Å². The quantitative estimate of drug-likeness (QED) is 0.765. The van der Waals surface area contributed by atoms with Gasteiger partial charge in [-0.1, -0.05) is 11.3 Å². The number of halogens is 1. The Morgan fingerprint density at radius 3 is 2.71 bits per heavy atom. The van der Waals surface area contributed by atoms with E-state index >= 15 is 0 Å². The van der Waals surface area contributed by atoms with E-state index in [0.29, 0.717) is 10.9 Å². The molecule has 0 atom stereocenters. The highest BCUT2D eigenvalue weighted by Gasteiger charge is 2.14. The van der Waals surface area contributed by atoms with Crippen molar-refractivity contribution in [2.75, 3.05) is 17.7 Å². The zero-order chi connectivity index (χ0) is 15.4. The van der Waals surface area contributed by atoms with Crippen molar-refractivity contribution >= 4 is 50.1 Å². The molecule has 0 spiro atoms. The molecule has 9 heteroatoms. The third-order valence-electron chi connectivity index (χ3n) is 2.40. The monoisotopic (exact) mass is 371 g/mol. The minimum Gasteiger partial charge on any atom is -0.497 e. The fraction of sp³-hybridized carbons (Fsp3) is 0.0833. The van der Waals surface area contributed by atoms with E-state index in [1.165, 1.54) is 30.6 Å². The lowest BCUT2D eigenvalue weighted by atomic mass is 10.1. The Balaban J connectivity index is 2.14. The largest absolute Gasteiger partial charge is 0.497 e. The topological polar surface area (TPSA) is 101 Å². The van der Waals surface area contributed by atoms with Crippen molar-refractivity contribution in [3.63, 3.8) is 0 Å². The van der Waals surface area contributed by atoms with Crippen LogP contribution in [-0.4, -0.2) is 29.2 Å². The summed E-state index contributed by atoms with van der Waals surface area (Å²) in [6.45, 7) is 0. The summed E-state index contributed by atoms with van der Waals surface area (Å²) in [6, 6.07) is 3.77. The van der Waals surface area contributed by atoms with Crippen LogP contribution in [-0.2, 0) is 0 Å². The average molecular weight is 372 g/mol. The number of aromatic nitrogens is 1. The minimum absolute atomic E-state index is 0.0650. The van der Waals surface area contributed by atoms with Gasteiger partial charge in [0.25, 0.3) is 0 Å². The number of carbonyl (C=O) groups is 2. The molecule has 2 aromatic rings. The van der Waals surface area contributed by atoms with Crippen LogP contribution in [0.1, 0.15) is 10.4 Å². The molecule has 0 unspecified atom stereocenters. The Labute approximate surface area is 132 Å². The zero-order valence-electron chi connectivity index (χ0n) is 10.7. The van der Waals surface area contributed by atoms with Gasteiger partial charge in [-0.2, -0.15) is 0 Å². The highest BCUT2D eigenvalue weighted by Crippen LogP contribution is 2.24. The van der Waals surface area contributed by atoms with Gasteiger partial charge in [0.1, 0.15) is 5.75 Å². The molecular formula is C12H10BrN3O4S. The predicted octanol–water partition coefficient (Wildman–Crippen LogP) is 3.26. The van der Waals surface area contributed by atoms with E-state index in [2.05, 4.69) is 31.5 Å². The molecule has 1 aromatic heterocycles. The van der Waals surface area contributed by atoms with Crippen molar-refractivity contribution in [2.24, 2.45) is 0 Å². The number of aromatic carboxylic acids is 1. The molecule has 7 nitrogen and oxygen atoms in total. The van der Waals surface area contributed by atoms with E-state index in [1.807, 2.05) is 0 Å². The van der Waals surface area contributed by atoms with E-state index in [1.54, 1.807) is 12.3 Å². The number of urea groups is 1. The van der Waals surface area contributed by atoms with Crippen molar-refractivity contribution in [2.45, 2.75) is 0 Å². The smallest absolute Gasteiger partial charge is 0.337 e. The number of amides is 2. The molecule has 0 saturated heterocycles. The Kier molecular flexibility index (Phi) is 4.76. The van der Waals surface area contributed by atoms with Gasteiger partial charge in [0.05, 0.1) is 28.3 Å². The summed E-state index contributed by atoms with van der Waals surface area (Å²) in [5, 5.41) is 14.5. The van der Waals surface area contributed by atoms with E-state index in [0.717, 1.165) is 3.79 Å². The van der Waals surface area contributed by atoms with Crippen LogP contribution in [0.5, 0.6) is 5.75 Å². The third-order valence-corrected chi connectivity index (χ3v) is 3.79. The van der Waals surface area contributed by atoms with Crippen LogP contribution >= 0.6 is 27.3 Å². The summed E-state index contributed by atoms with van der Waals surface area (Å²) in [5.74, 6) is -0.775. The van der Waals surface area contributed by atoms with Crippen LogP contribution in [0.4, 0.5) is 15.6 Å². The maximum absolute atomic E-state index is 11.8. The molecule has 0 saturated carbocycles. The number of ether oxygens (including phenoxy) is 1. The van der Waals surface area contributed by atoms with Gasteiger partial charge in [-0.15, -0.1) is 0 Å². The SMILES string of the molecule is COc1ccc(NC(=O)Nc2ncc(Br)s2)c(C(=O)O)c1. The van der Waals surface area contributed by atoms with E-state index < -0.39 is 12.0 Å². The molecule has 0 radical (unpaired) electrons. The van der Waals surface area contributed by atoms with Gasteiger partial charge in [-0.05, 0) is 34.1 Å². The standard InChI is InChI=1S/C12H10BrN3O4S/c1-20-6-2-3-8(7(4-6)10(17)18)15-11(19)16-12-14-5-9(13)21-12/h2-5H,1H3,(H,17,18)(H2,14,15,16,19). The maximum Gasteiger partial charge on any atom is 0.337 e. The van der Waals surface area contributed by atoms with Crippen LogP contribution in [0.2, 0.25) is 0 Å². The molecule has 21 heavy (non-hydrogen) atoms. The summed E-state index contributed by atoms with van der Waals surface area (Å²) >= 11 is 4.47. The first kappa shape index (κ1) is 15.3. The molecule has 0 aliphatic heterocycles. The Morgan fingerprint density at radius 1 is 1.38 bits per heavy atom. The summed E-state index contributed by atoms with van der Waals surface area (Å²) in [7, 11) is 1.43. The lowest BCUT2D eigenvalue weighted by Crippen LogP contribution is -2.20. The second-order valence-electron chi connectivity index (χ2n) is 3.77. The zero-order valence-corrected chi connectivity index (χ0v) is 13.1. The molecule has 2 amide bonds. The van der Waals surface area contributed by atoms with Crippen molar-refractivity contribution in [1.82, 2.24) is 4.98 Å². The number of hydrogen-bond acceptors (Lipinski definition) is 5. The third kappa shape index (κ3) is 3.92. The van der Waals surface area contributed by atoms with Crippen LogP contribution in [0.3, 0.4) is 0 Å². The molecular weight excluding hydrogens is 362 g/mol. The van der Waals surface area contributed by atoms with Gasteiger partial charge in [-0.25, -0.2) is 14.6 Å². The van der Waals surface area contributed by atoms with Crippen molar-refractivity contribution in [1.29, 1.82) is 0 Å². The Bertz CT molecular complexity index is 689. The number of benzene rings is 1. The van der Waals surface area contributed by atoms with Crippen molar-refractivity contribution in [3.8, 4) is 5.75 Å². The maximum atomic E-state index is 11.8. The number of nitrogens with zero attached hydrogens (tertiary/aromatic N) is 1. The first-order valence-corrected chi connectivity index (χ1v) is 7.21. The van der Waals surface area contributed by atoms with E-state index in [4.69, 9.17) is 9.84 Å². The summed E-state index contributed by atoms with van der Waals surface area (Å²) in [5.41, 5.74) is 0.0984. The molecule has 0 aliphatic carbocycles. The van der Waals surface area contributed by atoms with Crippen LogP contribution < -0.4 is 15.4 Å². The Morgan fingerprint density at radius 2 is 2.14 bits per heavy atom. The fourth-order valence-corrected chi connectivity index (χ4v) is 2.60. The lowest BCUT2D eigenvalue weighted by molar-refractivity contribution is 0.0697. The van der Waals surface area contributed by atoms with Crippen molar-refractivity contribution in [3.05, 3.63) is 33.7 Å². The van der Waals surface area contributed by atoms with Gasteiger partial charge in [0, 0.05) is 0 Å². The normalized spacial score (nSPS) is 10.0. The molecule has 1 heterocycles. The second-order valence-corrected chi connectivity index (χ2v) is 6.18. The second kappa shape index (κ2) is 6.55. The van der Waals surface area contributed by atoms with E-state index in [-0.39, 0.29) is 11.3 Å². The van der Waals surface area contributed by atoms with E-state index in [9.17, 15) is 9.59 Å². The number of methoxy groups -OCH3 is 1. The molecule has 2 rings (SSSR count). The summed E-state index contributed by atoms with van der Waals surface area (Å²) in [6.07, 6.45) is 1.55. The van der Waals surface area contributed by atoms with Crippen molar-refractivity contribution < 1.29 is 19.4 Å². The van der Waals surface area contributed by atoms with Crippen LogP contribution in [0, 0.1) is 0 Å². The highest BCUT2D eigenvalue weighted by atomic mass is 79.9. The number of carboxylic acids is 1. The van der Waals surface area contributed by atoms with Gasteiger partial charge < -0.3 is 15.2 Å². The molecule has 0 bridgehead atoms. The number of hydrogen-bond donors (Lipinski definition) is 3. The minimum atomic E-state index is -1.17. The number of thiazole rings is 1. The first-order valence-electron chi connectivity index (χ1n) is 5.60. The summed E-state index contributed by atoms with van der Waals surface area (Å²) in [4.78, 5) is 27.0. The Hall–Kier alpha value is -2.13. The molecule has 0 fully saturated rings. The molecule has 1 aromatic carbocycles. The number of carbonyl (C=O) groups excluding carboxylic acids is 1. The van der Waals surface area contributed by atoms with Gasteiger partial charge in [0.15, 0.2) is 5.13 Å². The fourth-order valence-electron chi connectivity index (χ4n) is 1.50. The van der Waals surface area contributed by atoms with Gasteiger partial charge in [-0.3, -0.25) is 5.32 Å². The summed E-state index contributed by atoms with van der Waals surface area (Å²) < 4.78 is 5.73. The van der Waals surface area contributed by atoms with Gasteiger partial charge >= 0.3 is 12.0 Å². The number of carboxylic acid groups (broad SMARTS) is 1. The molecule has 3 N–H and O–H groups in total. The highest BCUT2D eigenvalue weighted by molar-refractivity contribution is 9.11. The predicted molar refractivity (Wildman–Crippen MR) is 82.4 cm³/mol. The van der Waals surface area contributed by atoms with Crippen LogP contribution in [0.25, 0.3) is 0 Å². The number of rotatable bonds is 4. The van der Waals surface area contributed by atoms with Gasteiger partial charge in [0.2, 0.25) is 0 Å². The lowest BCUT2D eigenvalue weighted by Gasteiger charge is -2.10. The number of nitrogens with one attached hydrogen (secondary N) is 2. The first-order chi connectivity index (χ1) is 9.99. The number of anilines is 2. The molecule has 110 valence electrons. The average Bonchev–Trinajstić information content (AvgIpc) is 2.84.